The number of hydrogen-bond acceptors (Lipinski definition) is 4. The highest BCUT2D eigenvalue weighted by Crippen LogP contribution is 1.89. The van der Waals surface area contributed by atoms with Crippen molar-refractivity contribution >= 4 is 5.84 Å². The van der Waals surface area contributed by atoms with Crippen LogP contribution in [0.25, 0.3) is 0 Å². The summed E-state index contributed by atoms with van der Waals surface area (Å²) in [5.41, 5.74) is 5.15. The van der Waals surface area contributed by atoms with Gasteiger partial charge in [-0.1, -0.05) is 5.16 Å². The van der Waals surface area contributed by atoms with Crippen molar-refractivity contribution in [3.63, 3.8) is 0 Å². The van der Waals surface area contributed by atoms with Crippen LogP contribution in [0, 0.1) is 0 Å². The molecule has 11 heavy (non-hydrogen) atoms. The van der Waals surface area contributed by atoms with E-state index in [2.05, 4.69) is 5.16 Å². The standard InChI is InChI=1S/C6H14N2O3/c1-5(3-10-2)11-4-6(7)8-9/h5,9H,3-4H2,1-2H3,(H2,7,8). The maximum Gasteiger partial charge on any atom is 0.165 e. The van der Waals surface area contributed by atoms with Gasteiger partial charge in [0.2, 0.25) is 0 Å². The Morgan fingerprint density at radius 1 is 1.73 bits per heavy atom. The zero-order valence-electron chi connectivity index (χ0n) is 6.78. The Balaban J connectivity index is 3.37. The molecule has 0 aromatic carbocycles. The lowest BCUT2D eigenvalue weighted by molar-refractivity contribution is 0.0264. The van der Waals surface area contributed by atoms with Crippen molar-refractivity contribution in [1.29, 1.82) is 0 Å². The van der Waals surface area contributed by atoms with Gasteiger partial charge in [-0.2, -0.15) is 0 Å². The fourth-order valence-corrected chi connectivity index (χ4v) is 0.539. The molecular formula is C6H14N2O3. The number of rotatable bonds is 5. The van der Waals surface area contributed by atoms with E-state index in [1.54, 1.807) is 7.11 Å². The third-order valence-electron chi connectivity index (χ3n) is 1.05. The predicted octanol–water partition coefficient (Wildman–Crippen LogP) is -0.216. The number of hydrogen-bond donors (Lipinski definition) is 2. The van der Waals surface area contributed by atoms with E-state index in [0.29, 0.717) is 6.61 Å². The Hall–Kier alpha value is -0.810. The van der Waals surface area contributed by atoms with Gasteiger partial charge >= 0.3 is 0 Å². The summed E-state index contributed by atoms with van der Waals surface area (Å²) in [5, 5.41) is 10.9. The van der Waals surface area contributed by atoms with Crippen molar-refractivity contribution in [3.05, 3.63) is 0 Å². The number of oxime groups is 1. The highest BCUT2D eigenvalue weighted by atomic mass is 16.5. The molecule has 0 aromatic heterocycles. The average molecular weight is 162 g/mol. The molecule has 0 saturated carbocycles. The summed E-state index contributed by atoms with van der Waals surface area (Å²) in [6.45, 7) is 2.47. The van der Waals surface area contributed by atoms with Crippen LogP contribution in [-0.2, 0) is 9.47 Å². The van der Waals surface area contributed by atoms with Gasteiger partial charge in [0.1, 0.15) is 6.61 Å². The van der Waals surface area contributed by atoms with E-state index in [1.165, 1.54) is 0 Å². The first-order valence-corrected chi connectivity index (χ1v) is 3.27. The Morgan fingerprint density at radius 3 is 2.82 bits per heavy atom. The number of nitrogens with two attached hydrogens (primary N) is 1. The molecule has 0 aliphatic heterocycles. The number of nitrogens with zero attached hydrogens (tertiary/aromatic N) is 1. The highest BCUT2D eigenvalue weighted by molar-refractivity contribution is 5.80. The SMILES string of the molecule is COCC(C)OCC(N)=NO. The molecule has 0 heterocycles. The number of methoxy groups -OCH3 is 1. The van der Waals surface area contributed by atoms with Crippen molar-refractivity contribution in [2.24, 2.45) is 10.9 Å². The molecule has 5 heteroatoms. The molecule has 0 amide bonds. The van der Waals surface area contributed by atoms with Gasteiger partial charge in [-0.05, 0) is 6.92 Å². The first kappa shape index (κ1) is 10.2. The lowest BCUT2D eigenvalue weighted by Crippen LogP contribution is -2.24. The van der Waals surface area contributed by atoms with E-state index >= 15 is 0 Å². The first-order valence-electron chi connectivity index (χ1n) is 3.27. The molecule has 0 aliphatic carbocycles. The fourth-order valence-electron chi connectivity index (χ4n) is 0.539. The topological polar surface area (TPSA) is 77.1 Å². The molecule has 0 aliphatic rings. The molecule has 0 fully saturated rings. The zero-order chi connectivity index (χ0) is 8.69. The third kappa shape index (κ3) is 5.63. The normalized spacial score (nSPS) is 14.9. The second-order valence-corrected chi connectivity index (χ2v) is 2.17. The lowest BCUT2D eigenvalue weighted by atomic mass is 10.4. The third-order valence-corrected chi connectivity index (χ3v) is 1.05. The minimum atomic E-state index is -0.0414. The van der Waals surface area contributed by atoms with Gasteiger partial charge in [-0.15, -0.1) is 0 Å². The molecule has 1 atom stereocenters. The highest BCUT2D eigenvalue weighted by Gasteiger charge is 2.01. The summed E-state index contributed by atoms with van der Waals surface area (Å²) in [7, 11) is 1.59. The molecule has 1 unspecified atom stereocenters. The van der Waals surface area contributed by atoms with Crippen molar-refractivity contribution in [2.75, 3.05) is 20.3 Å². The smallest absolute Gasteiger partial charge is 0.165 e. The van der Waals surface area contributed by atoms with Crippen molar-refractivity contribution in [3.8, 4) is 0 Å². The summed E-state index contributed by atoms with van der Waals surface area (Å²) in [6, 6.07) is 0. The molecule has 0 aromatic rings. The van der Waals surface area contributed by atoms with Gasteiger partial charge in [0, 0.05) is 7.11 Å². The predicted molar refractivity (Wildman–Crippen MR) is 40.7 cm³/mol. The van der Waals surface area contributed by atoms with Crippen LogP contribution in [0.3, 0.4) is 0 Å². The van der Waals surface area contributed by atoms with E-state index in [4.69, 9.17) is 20.4 Å². The minimum absolute atomic E-state index is 0.0414. The molecule has 0 spiro atoms. The van der Waals surface area contributed by atoms with Crippen LogP contribution in [0.4, 0.5) is 0 Å². The Kier molecular flexibility index (Phi) is 5.50. The van der Waals surface area contributed by atoms with Gasteiger partial charge < -0.3 is 20.4 Å². The summed E-state index contributed by atoms with van der Waals surface area (Å²) < 4.78 is 9.90. The van der Waals surface area contributed by atoms with E-state index in [1.807, 2.05) is 6.92 Å². The average Bonchev–Trinajstić information content (AvgIpc) is 2.01. The second kappa shape index (κ2) is 5.94. The molecule has 0 bridgehead atoms. The molecule has 3 N–H and O–H groups in total. The number of ether oxygens (including phenoxy) is 2. The first-order chi connectivity index (χ1) is 5.20. The van der Waals surface area contributed by atoms with Crippen LogP contribution in [0.5, 0.6) is 0 Å². The van der Waals surface area contributed by atoms with Crippen LogP contribution in [0.1, 0.15) is 6.92 Å². The van der Waals surface area contributed by atoms with Gasteiger partial charge in [0.15, 0.2) is 5.84 Å². The zero-order valence-corrected chi connectivity index (χ0v) is 6.78. The van der Waals surface area contributed by atoms with Crippen LogP contribution in [-0.4, -0.2) is 37.5 Å². The van der Waals surface area contributed by atoms with Crippen LogP contribution < -0.4 is 5.73 Å². The minimum Gasteiger partial charge on any atom is -0.409 e. The van der Waals surface area contributed by atoms with Gasteiger partial charge in [0.25, 0.3) is 0 Å². The summed E-state index contributed by atoms with van der Waals surface area (Å²) in [6.07, 6.45) is -0.0414. The molecule has 0 saturated heterocycles. The molecule has 66 valence electrons. The van der Waals surface area contributed by atoms with Crippen LogP contribution in [0.2, 0.25) is 0 Å². The number of amidine groups is 1. The Morgan fingerprint density at radius 2 is 2.36 bits per heavy atom. The quantitative estimate of drug-likeness (QED) is 0.254. The van der Waals surface area contributed by atoms with E-state index in [9.17, 15) is 0 Å². The Labute approximate surface area is 65.8 Å². The van der Waals surface area contributed by atoms with Gasteiger partial charge in [0.05, 0.1) is 12.7 Å². The summed E-state index contributed by atoms with van der Waals surface area (Å²) >= 11 is 0. The van der Waals surface area contributed by atoms with E-state index < -0.39 is 0 Å². The largest absolute Gasteiger partial charge is 0.409 e. The second-order valence-electron chi connectivity index (χ2n) is 2.17. The van der Waals surface area contributed by atoms with Gasteiger partial charge in [-0.3, -0.25) is 0 Å². The fraction of sp³-hybridized carbons (Fsp3) is 0.833. The molecule has 5 nitrogen and oxygen atoms in total. The van der Waals surface area contributed by atoms with E-state index in [0.717, 1.165) is 0 Å². The maximum absolute atomic E-state index is 8.13. The van der Waals surface area contributed by atoms with Crippen LogP contribution >= 0.6 is 0 Å². The molecule has 0 rings (SSSR count). The van der Waals surface area contributed by atoms with Crippen molar-refractivity contribution < 1.29 is 14.7 Å². The Bertz CT molecular complexity index is 127. The molecule has 0 radical (unpaired) electrons. The van der Waals surface area contributed by atoms with Gasteiger partial charge in [-0.25, -0.2) is 0 Å². The van der Waals surface area contributed by atoms with E-state index in [-0.39, 0.29) is 18.5 Å². The van der Waals surface area contributed by atoms with Crippen molar-refractivity contribution in [2.45, 2.75) is 13.0 Å². The molecular weight excluding hydrogens is 148 g/mol. The van der Waals surface area contributed by atoms with Crippen molar-refractivity contribution in [1.82, 2.24) is 0 Å². The summed E-state index contributed by atoms with van der Waals surface area (Å²) in [5.74, 6) is 0.0629. The lowest BCUT2D eigenvalue weighted by Gasteiger charge is -2.10. The monoisotopic (exact) mass is 162 g/mol. The maximum atomic E-state index is 8.13. The summed E-state index contributed by atoms with van der Waals surface area (Å²) in [4.78, 5) is 0. The van der Waals surface area contributed by atoms with Crippen LogP contribution in [0.15, 0.2) is 5.16 Å².